The normalized spacial score (nSPS) is 14.2. The number of hydrogen-bond donors (Lipinski definition) is 2. The Balaban J connectivity index is 1.61. The molecule has 0 spiro atoms. The molecule has 1 fully saturated rings. The zero-order chi connectivity index (χ0) is 20.2. The first kappa shape index (κ1) is 21.7. The molecule has 7 nitrogen and oxygen atoms in total. The summed E-state index contributed by atoms with van der Waals surface area (Å²) in [6, 6.07) is 7.34. The van der Waals surface area contributed by atoms with Crippen molar-refractivity contribution < 1.29 is 23.9 Å². The second kappa shape index (κ2) is 12.0. The standard InChI is InChI=1S/C21H30N2O5/c1-2-27-18-12-7-6-11-17(18)23-20(25)15-28-21(26)14-8-13-19(24)22-16-9-4-3-5-10-16/h6-7,11-12,16H,2-5,8-10,13-15H2,1H3,(H,22,24)(H,23,25). The van der Waals surface area contributed by atoms with Gasteiger partial charge in [-0.1, -0.05) is 31.4 Å². The van der Waals surface area contributed by atoms with E-state index in [1.807, 2.05) is 13.0 Å². The van der Waals surface area contributed by atoms with Gasteiger partial charge >= 0.3 is 5.97 Å². The highest BCUT2D eigenvalue weighted by Crippen LogP contribution is 2.23. The molecule has 1 aliphatic carbocycles. The molecule has 1 saturated carbocycles. The highest BCUT2D eigenvalue weighted by Gasteiger charge is 2.16. The summed E-state index contributed by atoms with van der Waals surface area (Å²) in [6.45, 7) is 1.97. The van der Waals surface area contributed by atoms with E-state index in [0.717, 1.165) is 25.7 Å². The van der Waals surface area contributed by atoms with Crippen molar-refractivity contribution in [2.45, 2.75) is 64.3 Å². The number of anilines is 1. The molecule has 1 aromatic rings. The zero-order valence-corrected chi connectivity index (χ0v) is 16.5. The smallest absolute Gasteiger partial charge is 0.306 e. The molecule has 2 amide bonds. The van der Waals surface area contributed by atoms with Crippen LogP contribution < -0.4 is 15.4 Å². The first-order chi connectivity index (χ1) is 13.6. The summed E-state index contributed by atoms with van der Waals surface area (Å²) in [5.41, 5.74) is 0.532. The molecular weight excluding hydrogens is 360 g/mol. The quantitative estimate of drug-likeness (QED) is 0.599. The molecule has 2 N–H and O–H groups in total. The summed E-state index contributed by atoms with van der Waals surface area (Å²) in [7, 11) is 0. The van der Waals surface area contributed by atoms with Crippen molar-refractivity contribution in [1.82, 2.24) is 5.32 Å². The van der Waals surface area contributed by atoms with Gasteiger partial charge in [0, 0.05) is 18.9 Å². The third kappa shape index (κ3) is 7.98. The summed E-state index contributed by atoms with van der Waals surface area (Å²) in [6.07, 6.45) is 6.45. The summed E-state index contributed by atoms with van der Waals surface area (Å²) in [4.78, 5) is 35.7. The average molecular weight is 390 g/mol. The summed E-state index contributed by atoms with van der Waals surface area (Å²) < 4.78 is 10.4. The number of hydrogen-bond acceptors (Lipinski definition) is 5. The van der Waals surface area contributed by atoms with Crippen LogP contribution in [-0.4, -0.2) is 37.0 Å². The molecule has 0 aliphatic heterocycles. The number of carbonyl (C=O) groups is 3. The maximum atomic E-state index is 12.0. The van der Waals surface area contributed by atoms with Gasteiger partial charge in [-0.15, -0.1) is 0 Å². The van der Waals surface area contributed by atoms with Crippen molar-refractivity contribution in [3.8, 4) is 5.75 Å². The predicted molar refractivity (Wildman–Crippen MR) is 106 cm³/mol. The Morgan fingerprint density at radius 3 is 2.54 bits per heavy atom. The SMILES string of the molecule is CCOc1ccccc1NC(=O)COC(=O)CCCC(=O)NC1CCCCC1. The molecule has 0 heterocycles. The highest BCUT2D eigenvalue weighted by molar-refractivity contribution is 5.94. The van der Waals surface area contributed by atoms with E-state index in [2.05, 4.69) is 10.6 Å². The summed E-state index contributed by atoms with van der Waals surface area (Å²) >= 11 is 0. The van der Waals surface area contributed by atoms with E-state index >= 15 is 0 Å². The van der Waals surface area contributed by atoms with E-state index in [1.165, 1.54) is 6.42 Å². The Hall–Kier alpha value is -2.57. The van der Waals surface area contributed by atoms with E-state index in [0.29, 0.717) is 30.9 Å². The minimum absolute atomic E-state index is 0.0232. The van der Waals surface area contributed by atoms with Gasteiger partial charge in [-0.05, 0) is 38.3 Å². The molecule has 0 aromatic heterocycles. The lowest BCUT2D eigenvalue weighted by Crippen LogP contribution is -2.36. The third-order valence-corrected chi connectivity index (χ3v) is 4.58. The van der Waals surface area contributed by atoms with E-state index < -0.39 is 11.9 Å². The van der Waals surface area contributed by atoms with E-state index in [9.17, 15) is 14.4 Å². The lowest BCUT2D eigenvalue weighted by Gasteiger charge is -2.22. The van der Waals surface area contributed by atoms with Crippen LogP contribution in [0.2, 0.25) is 0 Å². The van der Waals surface area contributed by atoms with Gasteiger partial charge in [-0.3, -0.25) is 14.4 Å². The van der Waals surface area contributed by atoms with Crippen molar-refractivity contribution in [2.75, 3.05) is 18.5 Å². The molecule has 154 valence electrons. The van der Waals surface area contributed by atoms with Crippen LogP contribution in [0.5, 0.6) is 5.75 Å². The Labute approximate surface area is 166 Å². The Kier molecular flexibility index (Phi) is 9.31. The molecule has 28 heavy (non-hydrogen) atoms. The van der Waals surface area contributed by atoms with Gasteiger partial charge in [0.25, 0.3) is 5.91 Å². The van der Waals surface area contributed by atoms with Gasteiger partial charge in [0.1, 0.15) is 5.75 Å². The van der Waals surface area contributed by atoms with Crippen LogP contribution in [-0.2, 0) is 19.1 Å². The molecule has 0 bridgehead atoms. The minimum Gasteiger partial charge on any atom is -0.492 e. The van der Waals surface area contributed by atoms with Crippen LogP contribution in [0.15, 0.2) is 24.3 Å². The molecule has 0 radical (unpaired) electrons. The van der Waals surface area contributed by atoms with Gasteiger partial charge in [-0.25, -0.2) is 0 Å². The van der Waals surface area contributed by atoms with Crippen molar-refractivity contribution in [3.05, 3.63) is 24.3 Å². The molecule has 1 aromatic carbocycles. The fraction of sp³-hybridized carbons (Fsp3) is 0.571. The number of amides is 2. The fourth-order valence-corrected chi connectivity index (χ4v) is 3.20. The van der Waals surface area contributed by atoms with Crippen molar-refractivity contribution in [3.63, 3.8) is 0 Å². The lowest BCUT2D eigenvalue weighted by atomic mass is 9.95. The molecule has 0 unspecified atom stereocenters. The van der Waals surface area contributed by atoms with Gasteiger partial charge < -0.3 is 20.1 Å². The van der Waals surface area contributed by atoms with Crippen LogP contribution in [0.25, 0.3) is 0 Å². The zero-order valence-electron chi connectivity index (χ0n) is 16.5. The lowest BCUT2D eigenvalue weighted by molar-refractivity contribution is -0.147. The van der Waals surface area contributed by atoms with Gasteiger partial charge in [0.05, 0.1) is 12.3 Å². The number of ether oxygens (including phenoxy) is 2. The Morgan fingerprint density at radius 1 is 1.04 bits per heavy atom. The highest BCUT2D eigenvalue weighted by atomic mass is 16.5. The predicted octanol–water partition coefficient (Wildman–Crippen LogP) is 3.19. The topological polar surface area (TPSA) is 93.7 Å². The fourth-order valence-electron chi connectivity index (χ4n) is 3.20. The van der Waals surface area contributed by atoms with Crippen molar-refractivity contribution in [1.29, 1.82) is 0 Å². The molecule has 0 saturated heterocycles. The average Bonchev–Trinajstić information content (AvgIpc) is 2.69. The van der Waals surface area contributed by atoms with Crippen LogP contribution in [0.4, 0.5) is 5.69 Å². The number of rotatable bonds is 10. The number of para-hydroxylation sites is 2. The number of nitrogens with one attached hydrogen (secondary N) is 2. The van der Waals surface area contributed by atoms with E-state index in [-0.39, 0.29) is 25.0 Å². The number of benzene rings is 1. The van der Waals surface area contributed by atoms with Crippen LogP contribution >= 0.6 is 0 Å². The maximum absolute atomic E-state index is 12.0. The van der Waals surface area contributed by atoms with Crippen LogP contribution in [0, 0.1) is 0 Å². The van der Waals surface area contributed by atoms with Gasteiger partial charge in [-0.2, -0.15) is 0 Å². The first-order valence-electron chi connectivity index (χ1n) is 10.0. The monoisotopic (exact) mass is 390 g/mol. The van der Waals surface area contributed by atoms with Gasteiger partial charge in [0.2, 0.25) is 5.91 Å². The second-order valence-corrected chi connectivity index (χ2v) is 6.89. The maximum Gasteiger partial charge on any atom is 0.306 e. The summed E-state index contributed by atoms with van der Waals surface area (Å²) in [5, 5.41) is 5.68. The van der Waals surface area contributed by atoms with E-state index in [4.69, 9.17) is 9.47 Å². The van der Waals surface area contributed by atoms with Crippen molar-refractivity contribution in [2.24, 2.45) is 0 Å². The third-order valence-electron chi connectivity index (χ3n) is 4.58. The number of carbonyl (C=O) groups excluding carboxylic acids is 3. The van der Waals surface area contributed by atoms with Crippen LogP contribution in [0.1, 0.15) is 58.3 Å². The first-order valence-corrected chi connectivity index (χ1v) is 10.0. The molecule has 2 rings (SSSR count). The minimum atomic E-state index is -0.487. The van der Waals surface area contributed by atoms with Gasteiger partial charge in [0.15, 0.2) is 6.61 Å². The molecular formula is C21H30N2O5. The molecule has 1 aliphatic rings. The van der Waals surface area contributed by atoms with Crippen molar-refractivity contribution >= 4 is 23.5 Å². The Bertz CT molecular complexity index is 656. The van der Waals surface area contributed by atoms with Crippen LogP contribution in [0.3, 0.4) is 0 Å². The van der Waals surface area contributed by atoms with E-state index in [1.54, 1.807) is 18.2 Å². The molecule has 0 atom stereocenters. The Morgan fingerprint density at radius 2 is 1.79 bits per heavy atom. The number of esters is 1. The second-order valence-electron chi connectivity index (χ2n) is 6.89. The molecule has 7 heteroatoms. The summed E-state index contributed by atoms with van der Waals surface area (Å²) in [5.74, 6) is -0.382. The largest absolute Gasteiger partial charge is 0.492 e.